The van der Waals surface area contributed by atoms with E-state index in [2.05, 4.69) is 27.5 Å². The molecule has 0 unspecified atom stereocenters. The molecule has 9 N–H and O–H groups in total. The number of nitrogens with one attached hydrogen (secondary N) is 2. The van der Waals surface area contributed by atoms with Crippen LogP contribution in [0.1, 0.15) is 18.5 Å². The lowest BCUT2D eigenvalue weighted by atomic mass is 9.86. The van der Waals surface area contributed by atoms with Gasteiger partial charge in [-0.3, -0.25) is 24.9 Å². The number of pyridine rings is 1. The Kier molecular flexibility index (Phi) is 8.82. The molecule has 0 spiro atoms. The summed E-state index contributed by atoms with van der Waals surface area (Å²) in [5.74, 6) is -1.84. The number of nitrogens with zero attached hydrogens (tertiary/aromatic N) is 3. The molecule has 0 bridgehead atoms. The first kappa shape index (κ1) is 26.6. The Labute approximate surface area is 214 Å². The van der Waals surface area contributed by atoms with Gasteiger partial charge in [0.1, 0.15) is 11.7 Å². The molecule has 1 saturated heterocycles. The average molecular weight is 537 g/mol. The number of hydrogen-bond donors (Lipinski definition) is 6. The second kappa shape index (κ2) is 11.6. The highest BCUT2D eigenvalue weighted by Gasteiger charge is 2.53. The summed E-state index contributed by atoms with van der Waals surface area (Å²) in [6.45, 7) is 0.545. The van der Waals surface area contributed by atoms with Gasteiger partial charge in [0.05, 0.1) is 11.7 Å². The van der Waals surface area contributed by atoms with Crippen molar-refractivity contribution >= 4 is 70.2 Å². The third-order valence-electron chi connectivity index (χ3n) is 5.18. The Bertz CT molecular complexity index is 1140. The molecule has 0 radical (unpaired) electrons. The molecule has 3 heterocycles. The summed E-state index contributed by atoms with van der Waals surface area (Å²) in [6, 6.07) is 2.09. The summed E-state index contributed by atoms with van der Waals surface area (Å²) < 4.78 is 0. The first-order valence-electron chi connectivity index (χ1n) is 10.4. The van der Waals surface area contributed by atoms with Crippen molar-refractivity contribution in [1.82, 2.24) is 15.2 Å². The molecule has 35 heavy (non-hydrogen) atoms. The van der Waals surface area contributed by atoms with Crippen molar-refractivity contribution in [2.75, 3.05) is 12.3 Å². The summed E-state index contributed by atoms with van der Waals surface area (Å²) in [6.07, 6.45) is 2.49. The Morgan fingerprint density at radius 1 is 1.40 bits per heavy atom. The third-order valence-corrected chi connectivity index (χ3v) is 7.51. The molecule has 0 aromatic carbocycles. The molecule has 1 aromatic rings. The Balaban J connectivity index is 1.77. The van der Waals surface area contributed by atoms with Crippen molar-refractivity contribution in [2.24, 2.45) is 22.2 Å². The maximum Gasteiger partial charge on any atom is 0.353 e. The van der Waals surface area contributed by atoms with E-state index >= 15 is 0 Å². The minimum Gasteiger partial charge on any atom is -0.477 e. The van der Waals surface area contributed by atoms with Crippen molar-refractivity contribution in [2.45, 2.75) is 35.6 Å². The average Bonchev–Trinajstić information content (AvgIpc) is 2.82. The quantitative estimate of drug-likeness (QED) is 0.0755. The molecule has 2 aliphatic heterocycles. The van der Waals surface area contributed by atoms with Crippen LogP contribution in [0.4, 0.5) is 0 Å². The van der Waals surface area contributed by atoms with Gasteiger partial charge in [0.15, 0.2) is 16.7 Å². The molecule has 15 heteroatoms. The number of nitrogens with two attached hydrogens (primary N) is 3. The van der Waals surface area contributed by atoms with E-state index < -0.39 is 41.4 Å². The zero-order valence-electron chi connectivity index (χ0n) is 18.4. The van der Waals surface area contributed by atoms with Crippen molar-refractivity contribution in [3.63, 3.8) is 0 Å². The smallest absolute Gasteiger partial charge is 0.353 e. The Hall–Kier alpha value is -3.01. The second-order valence-corrected chi connectivity index (χ2v) is 10.1. The fourth-order valence-electron chi connectivity index (χ4n) is 3.64. The molecule has 12 nitrogen and oxygen atoms in total. The van der Waals surface area contributed by atoms with E-state index in [0.717, 1.165) is 16.3 Å². The zero-order valence-corrected chi connectivity index (χ0v) is 20.8. The van der Waals surface area contributed by atoms with Crippen LogP contribution in [-0.2, 0) is 20.1 Å². The van der Waals surface area contributed by atoms with Gasteiger partial charge in [-0.25, -0.2) is 9.79 Å². The van der Waals surface area contributed by atoms with Crippen molar-refractivity contribution in [3.8, 4) is 0 Å². The van der Waals surface area contributed by atoms with Gasteiger partial charge >= 0.3 is 5.97 Å². The van der Waals surface area contributed by atoms with Gasteiger partial charge < -0.3 is 27.6 Å². The standard InChI is InChI=1S/C20H24N8O4S3/c21-5-7-34-8-9-11(2-1-6-25-9)35-12-4-3-10-14(18(30)28(10)15(12)19(31)32)26-17(29)13(22)16(23)27-20(24)33/h1-2,6,10,14,22H,3-5,7-8,21H2,(H,26,29)(H,31,32)(H4,23,24,27,33)/t10-,14+/m1/s1. The summed E-state index contributed by atoms with van der Waals surface area (Å²) in [5, 5.41) is 19.8. The number of amides is 2. The van der Waals surface area contributed by atoms with Crippen LogP contribution < -0.4 is 22.5 Å². The number of β-lactam (4-membered cyclic amide) rings is 1. The fourth-order valence-corrected chi connectivity index (χ4v) is 5.72. The second-order valence-electron chi connectivity index (χ2n) is 7.44. The number of thioether (sulfide) groups is 2. The van der Waals surface area contributed by atoms with Gasteiger partial charge in [-0.2, -0.15) is 11.8 Å². The lowest BCUT2D eigenvalue weighted by molar-refractivity contribution is -0.155. The number of amidine groups is 1. The highest BCUT2D eigenvalue weighted by atomic mass is 32.2. The van der Waals surface area contributed by atoms with Crippen LogP contribution in [0.3, 0.4) is 0 Å². The molecule has 186 valence electrons. The minimum atomic E-state index is -1.24. The number of carbonyl (C=O) groups excluding carboxylic acids is 2. The minimum absolute atomic E-state index is 0.115. The van der Waals surface area contributed by atoms with Gasteiger partial charge in [-0.1, -0.05) is 11.8 Å². The SMILES string of the molecule is N=C(C(=O)N[C@@H]1C(=O)N2C(C(=O)O)=C(Sc3cccnc3CSCCN)CC[C@H]12)C(N)=NC(N)=S. The third kappa shape index (κ3) is 5.98. The van der Waals surface area contributed by atoms with E-state index in [1.165, 1.54) is 16.7 Å². The maximum absolute atomic E-state index is 12.9. The van der Waals surface area contributed by atoms with E-state index in [1.807, 2.05) is 6.07 Å². The zero-order chi connectivity index (χ0) is 25.7. The molecule has 1 fully saturated rings. The molecule has 3 rings (SSSR count). The lowest BCUT2D eigenvalue weighted by Gasteiger charge is -2.50. The molecular weight excluding hydrogens is 512 g/mol. The van der Waals surface area contributed by atoms with Crippen LogP contribution in [0.15, 0.2) is 38.8 Å². The highest BCUT2D eigenvalue weighted by molar-refractivity contribution is 8.03. The van der Waals surface area contributed by atoms with E-state index in [9.17, 15) is 19.5 Å². The molecule has 0 saturated carbocycles. The number of allylic oxidation sites excluding steroid dienone is 1. The van der Waals surface area contributed by atoms with E-state index in [0.29, 0.717) is 30.0 Å². The van der Waals surface area contributed by atoms with Crippen LogP contribution in [0.2, 0.25) is 0 Å². The van der Waals surface area contributed by atoms with Gasteiger partial charge in [0.2, 0.25) is 0 Å². The first-order chi connectivity index (χ1) is 16.6. The number of carbonyl (C=O) groups is 3. The predicted octanol–water partition coefficient (Wildman–Crippen LogP) is -0.228. The normalized spacial score (nSPS) is 19.6. The summed E-state index contributed by atoms with van der Waals surface area (Å²) in [5.41, 5.74) is 16.3. The number of fused-ring (bicyclic) bond motifs is 1. The number of thiocarbonyl (C=S) groups is 1. The van der Waals surface area contributed by atoms with Crippen LogP contribution >= 0.6 is 35.7 Å². The number of hydrogen-bond acceptors (Lipinski definition) is 9. The highest BCUT2D eigenvalue weighted by Crippen LogP contribution is 2.43. The molecule has 2 atom stereocenters. The van der Waals surface area contributed by atoms with E-state index in [-0.39, 0.29) is 10.8 Å². The molecule has 1 aromatic heterocycles. The van der Waals surface area contributed by atoms with Crippen LogP contribution in [-0.4, -0.2) is 73.8 Å². The number of aliphatic carboxylic acids is 1. The van der Waals surface area contributed by atoms with Crippen molar-refractivity contribution < 1.29 is 19.5 Å². The molecule has 0 aliphatic carbocycles. The van der Waals surface area contributed by atoms with E-state index in [1.54, 1.807) is 24.0 Å². The van der Waals surface area contributed by atoms with Crippen LogP contribution in [0, 0.1) is 5.41 Å². The largest absolute Gasteiger partial charge is 0.477 e. The monoisotopic (exact) mass is 536 g/mol. The summed E-state index contributed by atoms with van der Waals surface area (Å²) >= 11 is 7.48. The van der Waals surface area contributed by atoms with Gasteiger partial charge in [-0.05, 0) is 37.2 Å². The first-order valence-corrected chi connectivity index (χ1v) is 12.8. The number of carboxylic acids is 1. The van der Waals surface area contributed by atoms with Crippen LogP contribution in [0.5, 0.6) is 0 Å². The molecular formula is C20H24N8O4S3. The van der Waals surface area contributed by atoms with Gasteiger partial charge in [0.25, 0.3) is 11.8 Å². The van der Waals surface area contributed by atoms with Gasteiger partial charge in [0, 0.05) is 34.0 Å². The van der Waals surface area contributed by atoms with Crippen molar-refractivity contribution in [1.29, 1.82) is 5.41 Å². The maximum atomic E-state index is 12.9. The van der Waals surface area contributed by atoms with E-state index in [4.69, 9.17) is 22.6 Å². The number of aliphatic imine (C=N–C) groups is 1. The molecule has 2 aliphatic rings. The van der Waals surface area contributed by atoms with Crippen LogP contribution in [0.25, 0.3) is 0 Å². The predicted molar refractivity (Wildman–Crippen MR) is 138 cm³/mol. The summed E-state index contributed by atoms with van der Waals surface area (Å²) in [4.78, 5) is 47.8. The topological polar surface area (TPSA) is 214 Å². The van der Waals surface area contributed by atoms with Gasteiger partial charge in [-0.15, -0.1) is 0 Å². The fraction of sp³-hybridized carbons (Fsp3) is 0.350. The number of rotatable bonds is 10. The Morgan fingerprint density at radius 3 is 2.80 bits per heavy atom. The number of aromatic nitrogens is 1. The lowest BCUT2D eigenvalue weighted by Crippen LogP contribution is -2.72. The molecule has 2 amide bonds. The summed E-state index contributed by atoms with van der Waals surface area (Å²) in [7, 11) is 0. The Morgan fingerprint density at radius 2 is 2.14 bits per heavy atom. The number of carboxylic acid groups (broad SMARTS) is 1. The van der Waals surface area contributed by atoms with Crippen molar-refractivity contribution in [3.05, 3.63) is 34.6 Å².